The van der Waals surface area contributed by atoms with Gasteiger partial charge in [-0.05, 0) is 47.9 Å². The van der Waals surface area contributed by atoms with Crippen LogP contribution in [0.4, 0.5) is 5.69 Å². The minimum absolute atomic E-state index is 0.114. The Morgan fingerprint density at radius 2 is 1.66 bits per heavy atom. The van der Waals surface area contributed by atoms with E-state index in [1.807, 2.05) is 61.5 Å². The molecule has 0 bridgehead atoms. The smallest absolute Gasteiger partial charge is 0.244 e. The summed E-state index contributed by atoms with van der Waals surface area (Å²) in [5, 5.41) is 3.26. The SMILES string of the molecule is CCCNC(=O)C(Cc1ccccc1)N(Cc1cccc(Br)c1)C(=O)CN(c1cccc(Cl)c1)S(C)(=O)=O. The molecule has 3 rings (SSSR count). The fourth-order valence-electron chi connectivity index (χ4n) is 4.00. The van der Waals surface area contributed by atoms with Crippen LogP contribution in [0.2, 0.25) is 5.02 Å². The Kier molecular flexibility index (Phi) is 10.8. The highest BCUT2D eigenvalue weighted by Gasteiger charge is 2.33. The molecule has 0 saturated carbocycles. The molecule has 1 N–H and O–H groups in total. The first-order valence-corrected chi connectivity index (χ1v) is 15.2. The lowest BCUT2D eigenvalue weighted by atomic mass is 10.0. The molecule has 10 heteroatoms. The van der Waals surface area contributed by atoms with Crippen molar-refractivity contribution in [2.45, 2.75) is 32.4 Å². The van der Waals surface area contributed by atoms with Gasteiger partial charge in [-0.3, -0.25) is 13.9 Å². The van der Waals surface area contributed by atoms with Crippen molar-refractivity contribution >= 4 is 55.1 Å². The lowest BCUT2D eigenvalue weighted by Gasteiger charge is -2.33. The minimum atomic E-state index is -3.84. The molecule has 0 spiro atoms. The molecular formula is C28H31BrClN3O4S. The third kappa shape index (κ3) is 8.58. The third-order valence-corrected chi connectivity index (χ3v) is 7.71. The van der Waals surface area contributed by atoms with Crippen molar-refractivity contribution in [2.75, 3.05) is 23.7 Å². The summed E-state index contributed by atoms with van der Waals surface area (Å²) in [6, 6.07) is 22.3. The van der Waals surface area contributed by atoms with Gasteiger partial charge in [-0.1, -0.05) is 83.0 Å². The zero-order chi connectivity index (χ0) is 27.7. The number of hydrogen-bond acceptors (Lipinski definition) is 4. The zero-order valence-corrected chi connectivity index (χ0v) is 24.5. The first-order valence-electron chi connectivity index (χ1n) is 12.2. The van der Waals surface area contributed by atoms with E-state index in [4.69, 9.17) is 11.6 Å². The van der Waals surface area contributed by atoms with Gasteiger partial charge in [0.2, 0.25) is 21.8 Å². The van der Waals surface area contributed by atoms with Crippen LogP contribution in [0.15, 0.2) is 83.3 Å². The Balaban J connectivity index is 2.04. The Bertz CT molecular complexity index is 1350. The number of hydrogen-bond donors (Lipinski definition) is 1. The highest BCUT2D eigenvalue weighted by Crippen LogP contribution is 2.23. The van der Waals surface area contributed by atoms with Gasteiger partial charge in [0.25, 0.3) is 0 Å². The summed E-state index contributed by atoms with van der Waals surface area (Å²) in [6.07, 6.45) is 2.04. The summed E-state index contributed by atoms with van der Waals surface area (Å²) in [5.74, 6) is -0.810. The van der Waals surface area contributed by atoms with E-state index in [9.17, 15) is 18.0 Å². The van der Waals surface area contributed by atoms with E-state index < -0.39 is 28.5 Å². The fraction of sp³-hybridized carbons (Fsp3) is 0.286. The molecule has 0 aliphatic carbocycles. The number of anilines is 1. The Morgan fingerprint density at radius 1 is 0.974 bits per heavy atom. The van der Waals surface area contributed by atoms with Crippen LogP contribution in [0, 0.1) is 0 Å². The van der Waals surface area contributed by atoms with Crippen LogP contribution in [0.5, 0.6) is 0 Å². The van der Waals surface area contributed by atoms with Crippen molar-refractivity contribution in [2.24, 2.45) is 0 Å². The molecule has 0 aromatic heterocycles. The minimum Gasteiger partial charge on any atom is -0.354 e. The number of carbonyl (C=O) groups is 2. The van der Waals surface area contributed by atoms with E-state index in [1.165, 1.54) is 11.0 Å². The summed E-state index contributed by atoms with van der Waals surface area (Å²) >= 11 is 9.58. The number of nitrogens with zero attached hydrogens (tertiary/aromatic N) is 2. The van der Waals surface area contributed by atoms with Gasteiger partial charge in [-0.25, -0.2) is 8.42 Å². The van der Waals surface area contributed by atoms with Gasteiger partial charge in [0, 0.05) is 29.0 Å². The van der Waals surface area contributed by atoms with Gasteiger partial charge in [0.1, 0.15) is 12.6 Å². The molecule has 202 valence electrons. The molecule has 2 amide bonds. The molecule has 1 atom stereocenters. The number of halogens is 2. The number of benzene rings is 3. The van der Waals surface area contributed by atoms with Crippen LogP contribution in [-0.2, 0) is 32.6 Å². The summed E-state index contributed by atoms with van der Waals surface area (Å²) in [4.78, 5) is 28.9. The topological polar surface area (TPSA) is 86.8 Å². The molecule has 38 heavy (non-hydrogen) atoms. The van der Waals surface area contributed by atoms with Crippen LogP contribution in [0.3, 0.4) is 0 Å². The lowest BCUT2D eigenvalue weighted by Crippen LogP contribution is -2.53. The van der Waals surface area contributed by atoms with Crippen LogP contribution >= 0.6 is 27.5 Å². The number of carbonyl (C=O) groups excluding carboxylic acids is 2. The largest absolute Gasteiger partial charge is 0.354 e. The molecule has 0 heterocycles. The third-order valence-electron chi connectivity index (χ3n) is 5.84. The van der Waals surface area contributed by atoms with Crippen molar-refractivity contribution in [3.63, 3.8) is 0 Å². The summed E-state index contributed by atoms with van der Waals surface area (Å²) in [7, 11) is -3.84. The molecule has 0 fully saturated rings. The maximum atomic E-state index is 14.0. The zero-order valence-electron chi connectivity index (χ0n) is 21.3. The molecule has 0 radical (unpaired) electrons. The maximum absolute atomic E-state index is 14.0. The number of amides is 2. The summed E-state index contributed by atoms with van der Waals surface area (Å²) in [5.41, 5.74) is 1.94. The summed E-state index contributed by atoms with van der Waals surface area (Å²) in [6.45, 7) is 2.04. The fourth-order valence-corrected chi connectivity index (χ4v) is 5.47. The molecule has 7 nitrogen and oxygen atoms in total. The Morgan fingerprint density at radius 3 is 2.29 bits per heavy atom. The molecule has 3 aromatic carbocycles. The van der Waals surface area contributed by atoms with Gasteiger partial charge >= 0.3 is 0 Å². The molecule has 0 saturated heterocycles. The first kappa shape index (κ1) is 29.7. The molecule has 0 aliphatic rings. The Labute approximate surface area is 238 Å². The molecular weight excluding hydrogens is 590 g/mol. The maximum Gasteiger partial charge on any atom is 0.244 e. The lowest BCUT2D eigenvalue weighted by molar-refractivity contribution is -0.140. The normalized spacial score (nSPS) is 12.0. The number of nitrogens with one attached hydrogen (secondary N) is 1. The standard InChI is InChI=1S/C28H31BrClN3O4S/c1-3-15-31-28(35)26(17-21-9-5-4-6-10-21)32(19-22-11-7-12-23(29)16-22)27(34)20-33(38(2,36)37)25-14-8-13-24(30)18-25/h4-14,16,18,26H,3,15,17,19-20H2,1-2H3,(H,31,35). The van der Waals surface area contributed by atoms with Crippen molar-refractivity contribution in [1.29, 1.82) is 0 Å². The van der Waals surface area contributed by atoms with E-state index in [0.29, 0.717) is 11.6 Å². The van der Waals surface area contributed by atoms with Crippen LogP contribution < -0.4 is 9.62 Å². The van der Waals surface area contributed by atoms with Crippen molar-refractivity contribution in [3.05, 3.63) is 99.5 Å². The van der Waals surface area contributed by atoms with E-state index in [0.717, 1.165) is 32.6 Å². The Hall–Kier alpha value is -2.88. The average molecular weight is 621 g/mol. The molecule has 0 aliphatic heterocycles. The van der Waals surface area contributed by atoms with Gasteiger partial charge in [-0.2, -0.15) is 0 Å². The highest BCUT2D eigenvalue weighted by molar-refractivity contribution is 9.10. The number of sulfonamides is 1. The van der Waals surface area contributed by atoms with Gasteiger partial charge in [-0.15, -0.1) is 0 Å². The van der Waals surface area contributed by atoms with Gasteiger partial charge in [0.15, 0.2) is 0 Å². The average Bonchev–Trinajstić information content (AvgIpc) is 2.87. The number of rotatable bonds is 12. The van der Waals surface area contributed by atoms with Crippen LogP contribution in [-0.4, -0.2) is 50.5 Å². The van der Waals surface area contributed by atoms with Crippen molar-refractivity contribution < 1.29 is 18.0 Å². The van der Waals surface area contributed by atoms with E-state index in [-0.39, 0.29) is 24.6 Å². The second-order valence-electron chi connectivity index (χ2n) is 8.90. The van der Waals surface area contributed by atoms with Crippen LogP contribution in [0.25, 0.3) is 0 Å². The van der Waals surface area contributed by atoms with Crippen LogP contribution in [0.1, 0.15) is 24.5 Å². The second-order valence-corrected chi connectivity index (χ2v) is 12.2. The predicted molar refractivity (Wildman–Crippen MR) is 156 cm³/mol. The highest BCUT2D eigenvalue weighted by atomic mass is 79.9. The van der Waals surface area contributed by atoms with Gasteiger partial charge in [0.05, 0.1) is 11.9 Å². The van der Waals surface area contributed by atoms with E-state index >= 15 is 0 Å². The summed E-state index contributed by atoms with van der Waals surface area (Å²) < 4.78 is 27.4. The quantitative estimate of drug-likeness (QED) is 0.308. The molecule has 3 aromatic rings. The predicted octanol–water partition coefficient (Wildman–Crippen LogP) is 5.03. The monoisotopic (exact) mass is 619 g/mol. The second kappa shape index (κ2) is 13.8. The van der Waals surface area contributed by atoms with Gasteiger partial charge < -0.3 is 10.2 Å². The van der Waals surface area contributed by atoms with E-state index in [1.54, 1.807) is 18.2 Å². The van der Waals surface area contributed by atoms with Crippen molar-refractivity contribution in [3.8, 4) is 0 Å². The van der Waals surface area contributed by atoms with E-state index in [2.05, 4.69) is 21.2 Å². The van der Waals surface area contributed by atoms with Crippen molar-refractivity contribution in [1.82, 2.24) is 10.2 Å². The first-order chi connectivity index (χ1) is 18.1. The molecule has 1 unspecified atom stereocenters.